The molecule has 2 N–H and O–H groups in total. The normalized spacial score (nSPS) is 22.7. The molecular formula is C26H50N4O5. The number of unbranched alkanes of at least 4 members (excludes halogenated alkanes) is 2. The molecule has 0 aromatic carbocycles. The number of likely N-dealkylation sites (N-methyl/N-ethyl adjacent to an activating group) is 2. The average Bonchev–Trinajstić information content (AvgIpc) is 3.21. The number of β-amino-alcohol motifs (C(OH)–C–C–N with tert-alkyl or cyclic N) is 1. The van der Waals surface area contributed by atoms with Crippen LogP contribution in [0.4, 0.5) is 4.79 Å². The van der Waals surface area contributed by atoms with Gasteiger partial charge in [-0.25, -0.2) is 9.69 Å². The van der Waals surface area contributed by atoms with Crippen molar-refractivity contribution in [3.63, 3.8) is 0 Å². The first kappa shape index (κ1) is 30.0. The molecule has 35 heavy (non-hydrogen) atoms. The van der Waals surface area contributed by atoms with E-state index in [2.05, 4.69) is 27.7 Å². The zero-order chi connectivity index (χ0) is 26.2. The van der Waals surface area contributed by atoms with Gasteiger partial charge >= 0.3 is 6.03 Å². The molecule has 0 aromatic heterocycles. The molecule has 2 aliphatic rings. The molecule has 2 heterocycles. The van der Waals surface area contributed by atoms with E-state index >= 15 is 0 Å². The summed E-state index contributed by atoms with van der Waals surface area (Å²) in [7, 11) is 0. The predicted molar refractivity (Wildman–Crippen MR) is 136 cm³/mol. The van der Waals surface area contributed by atoms with Gasteiger partial charge in [0.2, 0.25) is 5.91 Å². The van der Waals surface area contributed by atoms with E-state index in [0.29, 0.717) is 26.2 Å². The standard InChI is InChI=1S/C26H50N4O5/c1-7-27-17-21(31)29(23(27)33)19-25(3,4)13-9-11-15-35-16-12-10-14-26(5,6)20-30-22(32)18-28(8-2)24(30)34/h21,23,31,33H,7-20H2,1-6H3. The molecule has 9 heteroatoms. The van der Waals surface area contributed by atoms with E-state index in [0.717, 1.165) is 58.3 Å². The van der Waals surface area contributed by atoms with Crippen molar-refractivity contribution in [3.05, 3.63) is 0 Å². The SMILES string of the molecule is CCN1CC(=O)N(CC(C)(C)CCCCOCCCCC(C)(C)CN2C(O)CN(CC)C2O)C1=O. The minimum Gasteiger partial charge on any atom is -0.381 e. The number of hydrogen-bond donors (Lipinski definition) is 2. The Morgan fingerprint density at radius 3 is 1.94 bits per heavy atom. The molecule has 0 spiro atoms. The highest BCUT2D eigenvalue weighted by Gasteiger charge is 2.39. The van der Waals surface area contributed by atoms with Crippen molar-refractivity contribution >= 4 is 11.9 Å². The van der Waals surface area contributed by atoms with Gasteiger partial charge in [0.05, 0.1) is 0 Å². The van der Waals surface area contributed by atoms with Gasteiger partial charge in [0.15, 0.2) is 6.35 Å². The second kappa shape index (κ2) is 13.3. The van der Waals surface area contributed by atoms with E-state index in [1.807, 2.05) is 18.7 Å². The fraction of sp³-hybridized carbons (Fsp3) is 0.923. The molecule has 2 unspecified atom stereocenters. The molecule has 2 saturated heterocycles. The summed E-state index contributed by atoms with van der Waals surface area (Å²) in [5, 5.41) is 20.7. The molecule has 2 rings (SSSR count). The Hall–Kier alpha value is -1.26. The molecular weight excluding hydrogens is 448 g/mol. The summed E-state index contributed by atoms with van der Waals surface area (Å²) < 4.78 is 5.83. The maximum absolute atomic E-state index is 12.3. The first-order valence-electron chi connectivity index (χ1n) is 13.4. The van der Waals surface area contributed by atoms with Crippen LogP contribution >= 0.6 is 0 Å². The summed E-state index contributed by atoms with van der Waals surface area (Å²) in [6.07, 6.45) is 4.65. The number of aliphatic hydroxyl groups is 2. The highest BCUT2D eigenvalue weighted by Crippen LogP contribution is 2.29. The number of aliphatic hydroxyl groups excluding tert-OH is 2. The molecule has 2 aliphatic heterocycles. The van der Waals surface area contributed by atoms with Crippen LogP contribution in [0.25, 0.3) is 0 Å². The quantitative estimate of drug-likeness (QED) is 0.249. The van der Waals surface area contributed by atoms with E-state index in [9.17, 15) is 19.8 Å². The molecule has 0 aliphatic carbocycles. The fourth-order valence-electron chi connectivity index (χ4n) is 5.05. The summed E-state index contributed by atoms with van der Waals surface area (Å²) in [5.41, 5.74) is -0.102. The number of hydrogen-bond acceptors (Lipinski definition) is 7. The first-order valence-corrected chi connectivity index (χ1v) is 13.4. The van der Waals surface area contributed by atoms with Crippen molar-refractivity contribution in [2.75, 3.05) is 52.5 Å². The molecule has 204 valence electrons. The maximum atomic E-state index is 12.3. The summed E-state index contributed by atoms with van der Waals surface area (Å²) >= 11 is 0. The lowest BCUT2D eigenvalue weighted by atomic mass is 9.86. The third kappa shape index (κ3) is 8.97. The van der Waals surface area contributed by atoms with Crippen LogP contribution < -0.4 is 0 Å². The number of rotatable bonds is 16. The number of carbonyl (C=O) groups excluding carboxylic acids is 2. The van der Waals surface area contributed by atoms with E-state index in [1.165, 1.54) is 4.90 Å². The van der Waals surface area contributed by atoms with Gasteiger partial charge in [-0.1, -0.05) is 47.5 Å². The largest absolute Gasteiger partial charge is 0.381 e. The Morgan fingerprint density at radius 2 is 1.46 bits per heavy atom. The van der Waals surface area contributed by atoms with Crippen molar-refractivity contribution in [1.29, 1.82) is 0 Å². The van der Waals surface area contributed by atoms with E-state index < -0.39 is 12.6 Å². The summed E-state index contributed by atoms with van der Waals surface area (Å²) in [5.74, 6) is -0.0906. The number of ether oxygens (including phenoxy) is 1. The van der Waals surface area contributed by atoms with Gasteiger partial charge in [0.1, 0.15) is 12.8 Å². The van der Waals surface area contributed by atoms with Crippen molar-refractivity contribution < 1.29 is 24.5 Å². The van der Waals surface area contributed by atoms with Gasteiger partial charge in [-0.2, -0.15) is 0 Å². The Bertz CT molecular complexity index is 687. The molecule has 0 bridgehead atoms. The third-order valence-corrected chi connectivity index (χ3v) is 7.30. The number of amides is 3. The van der Waals surface area contributed by atoms with Crippen LogP contribution in [0.1, 0.15) is 80.1 Å². The second-order valence-electron chi connectivity index (χ2n) is 11.7. The Morgan fingerprint density at radius 1 is 0.886 bits per heavy atom. The monoisotopic (exact) mass is 498 g/mol. The van der Waals surface area contributed by atoms with Crippen molar-refractivity contribution in [2.24, 2.45) is 10.8 Å². The highest BCUT2D eigenvalue weighted by molar-refractivity contribution is 6.02. The van der Waals surface area contributed by atoms with E-state index in [-0.39, 0.29) is 29.3 Å². The highest BCUT2D eigenvalue weighted by atomic mass is 16.5. The molecule has 2 atom stereocenters. The lowest BCUT2D eigenvalue weighted by Crippen LogP contribution is -2.45. The van der Waals surface area contributed by atoms with Crippen LogP contribution in [0.15, 0.2) is 0 Å². The maximum Gasteiger partial charge on any atom is 0.327 e. The average molecular weight is 499 g/mol. The number of urea groups is 1. The third-order valence-electron chi connectivity index (χ3n) is 7.30. The van der Waals surface area contributed by atoms with Crippen molar-refractivity contribution in [3.8, 4) is 0 Å². The zero-order valence-corrected chi connectivity index (χ0v) is 23.0. The zero-order valence-electron chi connectivity index (χ0n) is 23.0. The van der Waals surface area contributed by atoms with Crippen LogP contribution in [0.3, 0.4) is 0 Å². The van der Waals surface area contributed by atoms with Gasteiger partial charge in [-0.05, 0) is 50.0 Å². The number of nitrogens with zero attached hydrogens (tertiary/aromatic N) is 4. The minimum absolute atomic E-state index is 0.00353. The second-order valence-corrected chi connectivity index (χ2v) is 11.7. The molecule has 0 radical (unpaired) electrons. The van der Waals surface area contributed by atoms with Crippen LogP contribution in [0.5, 0.6) is 0 Å². The Labute approximate surface area is 212 Å². The smallest absolute Gasteiger partial charge is 0.327 e. The molecule has 0 saturated carbocycles. The van der Waals surface area contributed by atoms with Crippen LogP contribution in [-0.4, -0.2) is 107 Å². The summed E-state index contributed by atoms with van der Waals surface area (Å²) in [6, 6.07) is -0.159. The molecule has 9 nitrogen and oxygen atoms in total. The summed E-state index contributed by atoms with van der Waals surface area (Å²) in [6.45, 7) is 17.1. The van der Waals surface area contributed by atoms with Crippen LogP contribution in [-0.2, 0) is 9.53 Å². The van der Waals surface area contributed by atoms with Crippen LogP contribution in [0, 0.1) is 10.8 Å². The number of carbonyl (C=O) groups is 2. The van der Waals surface area contributed by atoms with Gasteiger partial charge in [0, 0.05) is 39.4 Å². The Kier molecular flexibility index (Phi) is 11.4. The van der Waals surface area contributed by atoms with Gasteiger partial charge in [-0.15, -0.1) is 0 Å². The predicted octanol–water partition coefficient (Wildman–Crippen LogP) is 2.91. The van der Waals surface area contributed by atoms with Crippen molar-refractivity contribution in [1.82, 2.24) is 19.6 Å². The first-order chi connectivity index (χ1) is 16.4. The topological polar surface area (TPSA) is 96.8 Å². The fourth-order valence-corrected chi connectivity index (χ4v) is 5.05. The van der Waals surface area contributed by atoms with Gasteiger partial charge in [0.25, 0.3) is 0 Å². The molecule has 3 amide bonds. The van der Waals surface area contributed by atoms with Crippen LogP contribution in [0.2, 0.25) is 0 Å². The van der Waals surface area contributed by atoms with Crippen molar-refractivity contribution in [2.45, 2.75) is 92.6 Å². The van der Waals surface area contributed by atoms with Gasteiger partial charge in [-0.3, -0.25) is 14.6 Å². The molecule has 2 fully saturated rings. The Balaban J connectivity index is 1.54. The lowest BCUT2D eigenvalue weighted by Gasteiger charge is -2.34. The minimum atomic E-state index is -0.704. The number of imide groups is 1. The van der Waals surface area contributed by atoms with Gasteiger partial charge < -0.3 is 19.8 Å². The lowest BCUT2D eigenvalue weighted by molar-refractivity contribution is -0.126. The summed E-state index contributed by atoms with van der Waals surface area (Å²) in [4.78, 5) is 31.1. The van der Waals surface area contributed by atoms with E-state index in [4.69, 9.17) is 4.74 Å². The molecule has 0 aromatic rings. The van der Waals surface area contributed by atoms with E-state index in [1.54, 1.807) is 9.80 Å².